The first-order chi connectivity index (χ1) is 10.5. The zero-order valence-electron chi connectivity index (χ0n) is 11.9. The van der Waals surface area contributed by atoms with E-state index < -0.39 is 21.9 Å². The first kappa shape index (κ1) is 16.6. The van der Waals surface area contributed by atoms with Crippen molar-refractivity contribution in [1.82, 2.24) is 0 Å². The molecule has 116 valence electrons. The highest BCUT2D eigenvalue weighted by Crippen LogP contribution is 2.21. The molecule has 2 rings (SSSR count). The molecule has 0 fully saturated rings. The highest BCUT2D eigenvalue weighted by molar-refractivity contribution is 7.85. The second-order valence-electron chi connectivity index (χ2n) is 4.72. The fraction of sp³-hybridized carbons (Fsp3) is 0.188. The number of hydrogen-bond donors (Lipinski definition) is 1. The second kappa shape index (κ2) is 7.51. The van der Waals surface area contributed by atoms with Crippen molar-refractivity contribution in [2.45, 2.75) is 17.9 Å². The van der Waals surface area contributed by atoms with Gasteiger partial charge >= 0.3 is 0 Å². The van der Waals surface area contributed by atoms with E-state index in [1.165, 1.54) is 18.2 Å². The van der Waals surface area contributed by atoms with Gasteiger partial charge < -0.3 is 5.32 Å². The van der Waals surface area contributed by atoms with Crippen molar-refractivity contribution < 1.29 is 13.4 Å². The highest BCUT2D eigenvalue weighted by atomic mass is 35.5. The van der Waals surface area contributed by atoms with E-state index in [1.54, 1.807) is 31.2 Å². The van der Waals surface area contributed by atoms with Crippen LogP contribution in [0.4, 0.5) is 10.1 Å². The monoisotopic (exact) mass is 339 g/mol. The van der Waals surface area contributed by atoms with E-state index in [-0.39, 0.29) is 22.2 Å². The summed E-state index contributed by atoms with van der Waals surface area (Å²) in [6.45, 7) is 1.54. The molecule has 0 saturated carbocycles. The Labute approximate surface area is 136 Å². The number of hydrogen-bond acceptors (Lipinski definition) is 2. The summed E-state index contributed by atoms with van der Waals surface area (Å²) in [5.41, 5.74) is 0.794. The lowest BCUT2D eigenvalue weighted by atomic mass is 10.2. The fourth-order valence-corrected chi connectivity index (χ4v) is 3.26. The van der Waals surface area contributed by atoms with Gasteiger partial charge in [0.1, 0.15) is 11.1 Å². The molecular weight excluding hydrogens is 325 g/mol. The Morgan fingerprint density at radius 3 is 2.55 bits per heavy atom. The Bertz CT molecular complexity index is 674. The lowest BCUT2D eigenvalue weighted by Gasteiger charge is -2.13. The van der Waals surface area contributed by atoms with Crippen LogP contribution in [0.5, 0.6) is 0 Å². The normalized spacial score (nSPS) is 13.4. The van der Waals surface area contributed by atoms with Crippen LogP contribution in [0.15, 0.2) is 48.5 Å². The minimum absolute atomic E-state index is 0.102. The molecule has 0 saturated heterocycles. The molecule has 6 heteroatoms. The summed E-state index contributed by atoms with van der Waals surface area (Å²) in [4.78, 5) is 12.1. The van der Waals surface area contributed by atoms with E-state index >= 15 is 0 Å². The quantitative estimate of drug-likeness (QED) is 0.901. The van der Waals surface area contributed by atoms with Crippen LogP contribution in [0.25, 0.3) is 0 Å². The van der Waals surface area contributed by atoms with Gasteiger partial charge in [-0.25, -0.2) is 4.39 Å². The number of para-hydroxylation sites is 1. The SMILES string of the molecule is C[C@H](C(=O)Nc1ccccc1)[S@](=O)Cc1c(F)cccc1Cl. The van der Waals surface area contributed by atoms with Crippen molar-refractivity contribution in [1.29, 1.82) is 0 Å². The Morgan fingerprint density at radius 2 is 1.91 bits per heavy atom. The standard InChI is InChI=1S/C16H15ClFNO2S/c1-11(16(20)19-12-6-3-2-4-7-12)22(21)10-13-14(17)8-5-9-15(13)18/h2-9,11H,10H2,1H3,(H,19,20)/t11-,22-/m1/s1. The maximum atomic E-state index is 13.7. The molecular formula is C16H15ClFNO2S. The molecule has 0 aliphatic rings. The van der Waals surface area contributed by atoms with Crippen LogP contribution in [-0.4, -0.2) is 15.4 Å². The van der Waals surface area contributed by atoms with E-state index in [0.717, 1.165) is 0 Å². The van der Waals surface area contributed by atoms with Crippen molar-refractivity contribution in [2.75, 3.05) is 5.32 Å². The summed E-state index contributed by atoms with van der Waals surface area (Å²) in [5.74, 6) is -0.997. The number of carbonyl (C=O) groups excluding carboxylic acids is 1. The van der Waals surface area contributed by atoms with Crippen molar-refractivity contribution in [2.24, 2.45) is 0 Å². The molecule has 0 heterocycles. The highest BCUT2D eigenvalue weighted by Gasteiger charge is 2.22. The number of amides is 1. The number of halogens is 2. The number of nitrogens with one attached hydrogen (secondary N) is 1. The third-order valence-corrected chi connectivity index (χ3v) is 5.08. The minimum Gasteiger partial charge on any atom is -0.325 e. The van der Waals surface area contributed by atoms with Crippen LogP contribution in [0.1, 0.15) is 12.5 Å². The molecule has 0 spiro atoms. The Kier molecular flexibility index (Phi) is 5.69. The molecule has 22 heavy (non-hydrogen) atoms. The fourth-order valence-electron chi connectivity index (χ4n) is 1.82. The first-order valence-electron chi connectivity index (χ1n) is 6.65. The maximum absolute atomic E-state index is 13.7. The van der Waals surface area contributed by atoms with E-state index in [9.17, 15) is 13.4 Å². The van der Waals surface area contributed by atoms with Gasteiger partial charge in [0, 0.05) is 27.1 Å². The van der Waals surface area contributed by atoms with Gasteiger partial charge in [-0.2, -0.15) is 0 Å². The predicted octanol–water partition coefficient (Wildman–Crippen LogP) is 3.76. The van der Waals surface area contributed by atoms with Crippen LogP contribution in [0.2, 0.25) is 5.02 Å². The van der Waals surface area contributed by atoms with Crippen LogP contribution >= 0.6 is 11.6 Å². The third kappa shape index (κ3) is 4.15. The molecule has 0 aliphatic heterocycles. The number of carbonyl (C=O) groups is 1. The van der Waals surface area contributed by atoms with E-state index in [4.69, 9.17) is 11.6 Å². The first-order valence-corrected chi connectivity index (χ1v) is 8.41. The van der Waals surface area contributed by atoms with Crippen LogP contribution < -0.4 is 5.32 Å². The van der Waals surface area contributed by atoms with Crippen LogP contribution in [0, 0.1) is 5.82 Å². The topological polar surface area (TPSA) is 46.2 Å². The molecule has 1 amide bonds. The summed E-state index contributed by atoms with van der Waals surface area (Å²) < 4.78 is 26.0. The molecule has 1 N–H and O–H groups in total. The van der Waals surface area contributed by atoms with E-state index in [1.807, 2.05) is 6.07 Å². The molecule has 3 nitrogen and oxygen atoms in total. The molecule has 0 unspecified atom stereocenters. The van der Waals surface area contributed by atoms with Gasteiger partial charge in [0.05, 0.1) is 5.75 Å². The van der Waals surface area contributed by atoms with Crippen LogP contribution in [-0.2, 0) is 21.3 Å². The molecule has 0 aliphatic carbocycles. The minimum atomic E-state index is -1.58. The molecule has 0 aromatic heterocycles. The molecule has 0 radical (unpaired) electrons. The zero-order chi connectivity index (χ0) is 16.1. The zero-order valence-corrected chi connectivity index (χ0v) is 13.5. The number of anilines is 1. The van der Waals surface area contributed by atoms with Crippen molar-refractivity contribution in [3.8, 4) is 0 Å². The number of benzene rings is 2. The summed E-state index contributed by atoms with van der Waals surface area (Å²) >= 11 is 5.91. The predicted molar refractivity (Wildman–Crippen MR) is 87.8 cm³/mol. The van der Waals surface area contributed by atoms with Crippen molar-refractivity contribution >= 4 is 34.0 Å². The summed E-state index contributed by atoms with van der Waals surface area (Å²) in [6.07, 6.45) is 0. The summed E-state index contributed by atoms with van der Waals surface area (Å²) in [6, 6.07) is 13.2. The smallest absolute Gasteiger partial charge is 0.239 e. The molecule has 2 aromatic rings. The van der Waals surface area contributed by atoms with Crippen molar-refractivity contribution in [3.63, 3.8) is 0 Å². The van der Waals surface area contributed by atoms with Gasteiger partial charge in [-0.15, -0.1) is 0 Å². The van der Waals surface area contributed by atoms with Gasteiger partial charge in [-0.3, -0.25) is 9.00 Å². The van der Waals surface area contributed by atoms with Gasteiger partial charge in [0.25, 0.3) is 0 Å². The van der Waals surface area contributed by atoms with E-state index in [2.05, 4.69) is 5.32 Å². The van der Waals surface area contributed by atoms with Gasteiger partial charge in [0.2, 0.25) is 5.91 Å². The average Bonchev–Trinajstić information content (AvgIpc) is 2.51. The second-order valence-corrected chi connectivity index (χ2v) is 6.89. The lowest BCUT2D eigenvalue weighted by molar-refractivity contribution is -0.115. The summed E-state index contributed by atoms with van der Waals surface area (Å²) in [5, 5.41) is 2.11. The summed E-state index contributed by atoms with van der Waals surface area (Å²) in [7, 11) is -1.58. The lowest BCUT2D eigenvalue weighted by Crippen LogP contribution is -2.29. The Morgan fingerprint density at radius 1 is 1.23 bits per heavy atom. The Hall–Kier alpha value is -1.72. The maximum Gasteiger partial charge on any atom is 0.239 e. The molecule has 0 bridgehead atoms. The van der Waals surface area contributed by atoms with Gasteiger partial charge in [0.15, 0.2) is 0 Å². The van der Waals surface area contributed by atoms with Crippen molar-refractivity contribution in [3.05, 3.63) is 64.9 Å². The molecule has 2 aromatic carbocycles. The Balaban J connectivity index is 2.04. The molecule has 2 atom stereocenters. The van der Waals surface area contributed by atoms with E-state index in [0.29, 0.717) is 5.69 Å². The third-order valence-electron chi connectivity index (χ3n) is 3.15. The van der Waals surface area contributed by atoms with Crippen LogP contribution in [0.3, 0.4) is 0 Å². The van der Waals surface area contributed by atoms with Gasteiger partial charge in [-0.1, -0.05) is 35.9 Å². The largest absolute Gasteiger partial charge is 0.325 e. The van der Waals surface area contributed by atoms with Gasteiger partial charge in [-0.05, 0) is 31.2 Å². The average molecular weight is 340 g/mol. The number of rotatable bonds is 5.